The molecule has 140 valence electrons. The van der Waals surface area contributed by atoms with E-state index >= 15 is 0 Å². The fourth-order valence-corrected chi connectivity index (χ4v) is 4.99. The molecule has 0 saturated carbocycles. The lowest BCUT2D eigenvalue weighted by Crippen LogP contribution is -2.47. The lowest BCUT2D eigenvalue weighted by atomic mass is 10.0. The van der Waals surface area contributed by atoms with Crippen molar-refractivity contribution < 1.29 is 13.2 Å². The van der Waals surface area contributed by atoms with Crippen molar-refractivity contribution in [3.8, 4) is 11.3 Å². The van der Waals surface area contributed by atoms with Crippen molar-refractivity contribution in [1.82, 2.24) is 15.2 Å². The third-order valence-corrected chi connectivity index (χ3v) is 6.99. The molecule has 0 radical (unpaired) electrons. The minimum Gasteiger partial charge on any atom is -0.334 e. The molecule has 2 aromatic rings. The van der Waals surface area contributed by atoms with E-state index in [2.05, 4.69) is 10.3 Å². The number of likely N-dealkylation sites (tertiary alicyclic amines) is 1. The van der Waals surface area contributed by atoms with Crippen molar-refractivity contribution in [1.29, 1.82) is 0 Å². The van der Waals surface area contributed by atoms with E-state index in [0.29, 0.717) is 13.0 Å². The lowest BCUT2D eigenvalue weighted by molar-refractivity contribution is 0.165. The molecule has 2 amide bonds. The van der Waals surface area contributed by atoms with Crippen LogP contribution in [-0.2, 0) is 16.4 Å². The van der Waals surface area contributed by atoms with Gasteiger partial charge >= 0.3 is 6.03 Å². The maximum Gasteiger partial charge on any atom is 0.318 e. The molecule has 1 N–H and O–H groups in total. The van der Waals surface area contributed by atoms with Gasteiger partial charge in [0.25, 0.3) is 0 Å². The third kappa shape index (κ3) is 4.07. The highest BCUT2D eigenvalue weighted by Crippen LogP contribution is 2.32. The third-order valence-electron chi connectivity index (χ3n) is 4.78. The number of nitrogens with one attached hydrogen (secondary N) is 1. The first-order valence-electron chi connectivity index (χ1n) is 8.39. The van der Waals surface area contributed by atoms with Crippen molar-refractivity contribution in [2.45, 2.75) is 37.6 Å². The topological polar surface area (TPSA) is 79.4 Å². The molecular formula is C18H23N3O3S2. The maximum absolute atomic E-state index is 12.6. The Morgan fingerprint density at radius 2 is 2.15 bits per heavy atom. The van der Waals surface area contributed by atoms with Crippen molar-refractivity contribution in [3.63, 3.8) is 0 Å². The smallest absolute Gasteiger partial charge is 0.318 e. The Labute approximate surface area is 158 Å². The minimum absolute atomic E-state index is 0.229. The maximum atomic E-state index is 12.6. The zero-order valence-corrected chi connectivity index (χ0v) is 16.7. The number of hydrogen-bond donors (Lipinski definition) is 1. The standard InChI is InChI=1S/C18H23N3O3S2/c1-18(2)8-15(26(3,23)24)11-21(18)17(22)20-10-13-4-5-16(19-9-13)14-6-7-25-12-14/h4-7,9,12,15H,8,10-11H2,1-3H3,(H,20,22). The number of amides is 2. The molecule has 3 rings (SSSR count). The van der Waals surface area contributed by atoms with Crippen LogP contribution < -0.4 is 5.32 Å². The van der Waals surface area contributed by atoms with Gasteiger partial charge in [0.05, 0.1) is 10.9 Å². The van der Waals surface area contributed by atoms with Crippen LogP contribution in [0.25, 0.3) is 11.3 Å². The summed E-state index contributed by atoms with van der Waals surface area (Å²) in [6.45, 7) is 4.38. The number of thiophene rings is 1. The molecule has 26 heavy (non-hydrogen) atoms. The normalized spacial score (nSPS) is 19.5. The quantitative estimate of drug-likeness (QED) is 0.866. The van der Waals surface area contributed by atoms with E-state index < -0.39 is 20.6 Å². The number of pyridine rings is 1. The highest BCUT2D eigenvalue weighted by Gasteiger charge is 2.44. The van der Waals surface area contributed by atoms with E-state index in [4.69, 9.17) is 0 Å². The number of urea groups is 1. The average Bonchev–Trinajstić information content (AvgIpc) is 3.20. The zero-order chi connectivity index (χ0) is 18.9. The first-order chi connectivity index (χ1) is 12.2. The van der Waals surface area contributed by atoms with Gasteiger partial charge in [-0.3, -0.25) is 4.98 Å². The van der Waals surface area contributed by atoms with Gasteiger partial charge in [-0.05, 0) is 43.3 Å². The van der Waals surface area contributed by atoms with Crippen molar-refractivity contribution >= 4 is 27.2 Å². The highest BCUT2D eigenvalue weighted by atomic mass is 32.2. The molecule has 6 nitrogen and oxygen atoms in total. The Morgan fingerprint density at radius 3 is 2.69 bits per heavy atom. The van der Waals surface area contributed by atoms with E-state index in [-0.39, 0.29) is 12.6 Å². The van der Waals surface area contributed by atoms with Crippen molar-refractivity contribution in [3.05, 3.63) is 40.7 Å². The minimum atomic E-state index is -3.16. The number of sulfone groups is 1. The second-order valence-corrected chi connectivity index (χ2v) is 10.4. The van der Waals surface area contributed by atoms with Crippen LogP contribution in [0.4, 0.5) is 4.79 Å². The van der Waals surface area contributed by atoms with Crippen LogP contribution in [-0.4, -0.2) is 47.9 Å². The summed E-state index contributed by atoms with van der Waals surface area (Å²) in [5, 5.41) is 6.42. The number of carbonyl (C=O) groups excluding carboxylic acids is 1. The average molecular weight is 394 g/mol. The van der Waals surface area contributed by atoms with Gasteiger partial charge in [0.2, 0.25) is 0 Å². The number of carbonyl (C=O) groups is 1. The molecule has 0 spiro atoms. The fourth-order valence-electron chi connectivity index (χ4n) is 3.21. The fraction of sp³-hybridized carbons (Fsp3) is 0.444. The van der Waals surface area contributed by atoms with Gasteiger partial charge in [-0.1, -0.05) is 6.07 Å². The highest BCUT2D eigenvalue weighted by molar-refractivity contribution is 7.91. The summed E-state index contributed by atoms with van der Waals surface area (Å²) in [6.07, 6.45) is 3.44. The van der Waals surface area contributed by atoms with Gasteiger partial charge in [-0.25, -0.2) is 13.2 Å². The number of hydrogen-bond acceptors (Lipinski definition) is 5. The summed E-state index contributed by atoms with van der Waals surface area (Å²) >= 11 is 1.62. The van der Waals surface area contributed by atoms with Crippen LogP contribution in [0.15, 0.2) is 35.2 Å². The molecule has 2 aromatic heterocycles. The molecule has 1 aliphatic heterocycles. The van der Waals surface area contributed by atoms with Crippen LogP contribution in [0, 0.1) is 0 Å². The van der Waals surface area contributed by atoms with Gasteiger partial charge in [-0.15, -0.1) is 0 Å². The second kappa shape index (κ2) is 7.00. The Bertz CT molecular complexity index is 875. The summed E-state index contributed by atoms with van der Waals surface area (Å²) in [5.41, 5.74) is 2.39. The van der Waals surface area contributed by atoms with E-state index in [1.807, 2.05) is 42.8 Å². The molecule has 1 aliphatic rings. The van der Waals surface area contributed by atoms with E-state index in [9.17, 15) is 13.2 Å². The molecule has 0 bridgehead atoms. The summed E-state index contributed by atoms with van der Waals surface area (Å²) in [6, 6.07) is 5.64. The summed E-state index contributed by atoms with van der Waals surface area (Å²) < 4.78 is 23.7. The largest absolute Gasteiger partial charge is 0.334 e. The van der Waals surface area contributed by atoms with Crippen LogP contribution in [0.3, 0.4) is 0 Å². The van der Waals surface area contributed by atoms with Gasteiger partial charge < -0.3 is 10.2 Å². The molecule has 0 aromatic carbocycles. The molecule has 8 heteroatoms. The number of aromatic nitrogens is 1. The monoisotopic (exact) mass is 393 g/mol. The summed E-state index contributed by atoms with van der Waals surface area (Å²) in [7, 11) is -3.16. The van der Waals surface area contributed by atoms with Crippen molar-refractivity contribution in [2.75, 3.05) is 12.8 Å². The summed E-state index contributed by atoms with van der Waals surface area (Å²) in [5.74, 6) is 0. The number of nitrogens with zero attached hydrogens (tertiary/aromatic N) is 2. The predicted molar refractivity (Wildman–Crippen MR) is 104 cm³/mol. The Morgan fingerprint density at radius 1 is 1.38 bits per heavy atom. The first-order valence-corrected chi connectivity index (χ1v) is 11.3. The van der Waals surface area contributed by atoms with Crippen LogP contribution in [0.1, 0.15) is 25.8 Å². The molecule has 0 aliphatic carbocycles. The van der Waals surface area contributed by atoms with Crippen LogP contribution in [0.2, 0.25) is 0 Å². The van der Waals surface area contributed by atoms with Gasteiger partial charge in [0, 0.05) is 42.0 Å². The molecular weight excluding hydrogens is 370 g/mol. The van der Waals surface area contributed by atoms with Gasteiger partial charge in [0.15, 0.2) is 9.84 Å². The van der Waals surface area contributed by atoms with E-state index in [1.54, 1.807) is 22.4 Å². The Hall–Kier alpha value is -1.93. The number of rotatable bonds is 4. The lowest BCUT2D eigenvalue weighted by Gasteiger charge is -2.31. The predicted octanol–water partition coefficient (Wildman–Crippen LogP) is 2.92. The van der Waals surface area contributed by atoms with Crippen molar-refractivity contribution in [2.24, 2.45) is 0 Å². The van der Waals surface area contributed by atoms with E-state index in [0.717, 1.165) is 16.8 Å². The molecule has 1 saturated heterocycles. The Kier molecular flexibility index (Phi) is 5.07. The van der Waals surface area contributed by atoms with Crippen LogP contribution >= 0.6 is 11.3 Å². The zero-order valence-electron chi connectivity index (χ0n) is 15.1. The van der Waals surface area contributed by atoms with E-state index in [1.165, 1.54) is 6.26 Å². The first kappa shape index (κ1) is 18.8. The molecule has 1 fully saturated rings. The SMILES string of the molecule is CC1(C)CC(S(C)(=O)=O)CN1C(=O)NCc1ccc(-c2ccsc2)nc1. The summed E-state index contributed by atoms with van der Waals surface area (Å²) in [4.78, 5) is 18.6. The Balaban J connectivity index is 1.62. The molecule has 1 unspecified atom stereocenters. The van der Waals surface area contributed by atoms with Gasteiger partial charge in [-0.2, -0.15) is 11.3 Å². The van der Waals surface area contributed by atoms with Crippen LogP contribution in [0.5, 0.6) is 0 Å². The molecule has 1 atom stereocenters. The van der Waals surface area contributed by atoms with Gasteiger partial charge in [0.1, 0.15) is 0 Å². The second-order valence-electron chi connectivity index (χ2n) is 7.30. The molecule has 3 heterocycles.